The van der Waals surface area contributed by atoms with Gasteiger partial charge in [-0.1, -0.05) is 42.5 Å². The first-order valence-corrected chi connectivity index (χ1v) is 10.0. The van der Waals surface area contributed by atoms with Crippen LogP contribution in [0, 0.1) is 6.92 Å². The number of hydrogen-bond acceptors (Lipinski definition) is 5. The maximum atomic E-state index is 12.4. The summed E-state index contributed by atoms with van der Waals surface area (Å²) in [4.78, 5) is 24.6. The van der Waals surface area contributed by atoms with Gasteiger partial charge in [0.1, 0.15) is 5.75 Å². The molecular formula is C26H25NO5. The highest BCUT2D eigenvalue weighted by Gasteiger charge is 2.10. The maximum absolute atomic E-state index is 12.4. The van der Waals surface area contributed by atoms with Crippen LogP contribution >= 0.6 is 0 Å². The summed E-state index contributed by atoms with van der Waals surface area (Å²) in [6, 6.07) is 19.7. The number of ether oxygens (including phenoxy) is 3. The zero-order valence-corrected chi connectivity index (χ0v) is 18.3. The Morgan fingerprint density at radius 1 is 0.906 bits per heavy atom. The molecule has 0 aliphatic rings. The number of allylic oxidation sites excluding steroid dienone is 1. The van der Waals surface area contributed by atoms with Gasteiger partial charge in [0.15, 0.2) is 23.9 Å². The summed E-state index contributed by atoms with van der Waals surface area (Å²) in [5, 5.41) is 2.82. The van der Waals surface area contributed by atoms with E-state index in [2.05, 4.69) is 5.32 Å². The number of carbonyl (C=O) groups excluding carboxylic acids is 2. The summed E-state index contributed by atoms with van der Waals surface area (Å²) in [6.07, 6.45) is 3.18. The lowest BCUT2D eigenvalue weighted by Gasteiger charge is -2.12. The molecule has 0 saturated heterocycles. The molecule has 164 valence electrons. The van der Waals surface area contributed by atoms with E-state index in [0.717, 1.165) is 16.8 Å². The Balaban J connectivity index is 1.63. The van der Waals surface area contributed by atoms with Gasteiger partial charge in [0.05, 0.1) is 14.2 Å². The first-order chi connectivity index (χ1) is 15.5. The summed E-state index contributed by atoms with van der Waals surface area (Å²) in [5.41, 5.74) is 3.01. The quantitative estimate of drug-likeness (QED) is 0.384. The van der Waals surface area contributed by atoms with Crippen LogP contribution in [0.1, 0.15) is 21.5 Å². The van der Waals surface area contributed by atoms with Crippen molar-refractivity contribution in [1.82, 2.24) is 0 Å². The lowest BCUT2D eigenvalue weighted by Crippen LogP contribution is -2.20. The molecule has 0 saturated carbocycles. The summed E-state index contributed by atoms with van der Waals surface area (Å²) < 4.78 is 16.2. The van der Waals surface area contributed by atoms with Crippen molar-refractivity contribution in [3.63, 3.8) is 0 Å². The van der Waals surface area contributed by atoms with Crippen molar-refractivity contribution >= 4 is 23.5 Å². The fourth-order valence-electron chi connectivity index (χ4n) is 2.99. The van der Waals surface area contributed by atoms with Crippen molar-refractivity contribution in [2.75, 3.05) is 26.1 Å². The van der Waals surface area contributed by atoms with Crippen LogP contribution in [0.3, 0.4) is 0 Å². The third-order valence-corrected chi connectivity index (χ3v) is 4.75. The number of para-hydroxylation sites is 1. The summed E-state index contributed by atoms with van der Waals surface area (Å²) in [5.74, 6) is 1.11. The number of benzene rings is 3. The predicted octanol–water partition coefficient (Wildman–Crippen LogP) is 4.93. The monoisotopic (exact) mass is 431 g/mol. The van der Waals surface area contributed by atoms with Crippen LogP contribution in [0.5, 0.6) is 17.2 Å². The molecule has 6 nitrogen and oxygen atoms in total. The molecule has 0 aromatic heterocycles. The molecule has 32 heavy (non-hydrogen) atoms. The number of methoxy groups -OCH3 is 2. The molecule has 0 aliphatic carbocycles. The fraction of sp³-hybridized carbons (Fsp3) is 0.154. The number of amides is 1. The van der Waals surface area contributed by atoms with Gasteiger partial charge in [-0.15, -0.1) is 0 Å². The fourth-order valence-corrected chi connectivity index (χ4v) is 2.99. The minimum Gasteiger partial charge on any atom is -0.497 e. The highest BCUT2D eigenvalue weighted by molar-refractivity contribution is 6.07. The second-order valence-corrected chi connectivity index (χ2v) is 6.99. The van der Waals surface area contributed by atoms with Crippen molar-refractivity contribution in [1.29, 1.82) is 0 Å². The van der Waals surface area contributed by atoms with E-state index in [1.54, 1.807) is 55.7 Å². The summed E-state index contributed by atoms with van der Waals surface area (Å²) in [6.45, 7) is 1.76. The largest absolute Gasteiger partial charge is 0.497 e. The smallest absolute Gasteiger partial charge is 0.262 e. The molecule has 3 aromatic rings. The van der Waals surface area contributed by atoms with Crippen LogP contribution in [0.2, 0.25) is 0 Å². The van der Waals surface area contributed by atoms with Crippen LogP contribution < -0.4 is 19.5 Å². The van der Waals surface area contributed by atoms with Crippen molar-refractivity contribution in [2.45, 2.75) is 6.92 Å². The van der Waals surface area contributed by atoms with Gasteiger partial charge in [-0.3, -0.25) is 9.59 Å². The van der Waals surface area contributed by atoms with Crippen molar-refractivity contribution in [3.8, 4) is 17.2 Å². The number of hydrogen-bond donors (Lipinski definition) is 1. The number of carbonyl (C=O) groups is 2. The Bertz CT molecular complexity index is 1140. The molecular weight excluding hydrogens is 406 g/mol. The standard InChI is InChI=1S/C26H25NO5/c1-18-7-4-5-10-22(18)27-26(29)17-32-24-14-12-19(15-25(24)31-3)11-13-23(28)20-8-6-9-21(16-20)30-2/h4-16H,17H2,1-3H3,(H,27,29)/b13-11+. The third kappa shape index (κ3) is 5.98. The lowest BCUT2D eigenvalue weighted by atomic mass is 10.1. The highest BCUT2D eigenvalue weighted by atomic mass is 16.5. The van der Waals surface area contributed by atoms with Gasteiger partial charge in [-0.05, 0) is 54.5 Å². The molecule has 0 atom stereocenters. The zero-order valence-electron chi connectivity index (χ0n) is 18.3. The van der Waals surface area contributed by atoms with Gasteiger partial charge in [0.25, 0.3) is 5.91 Å². The van der Waals surface area contributed by atoms with Crippen molar-refractivity contribution in [2.24, 2.45) is 0 Å². The molecule has 0 radical (unpaired) electrons. The Labute approximate surface area is 187 Å². The lowest BCUT2D eigenvalue weighted by molar-refractivity contribution is -0.118. The van der Waals surface area contributed by atoms with E-state index in [0.29, 0.717) is 22.8 Å². The summed E-state index contributed by atoms with van der Waals surface area (Å²) in [7, 11) is 3.08. The van der Waals surface area contributed by atoms with E-state index in [1.165, 1.54) is 13.2 Å². The highest BCUT2D eigenvalue weighted by Crippen LogP contribution is 2.29. The molecule has 0 bridgehead atoms. The number of aryl methyl sites for hydroxylation is 1. The molecule has 0 aliphatic heterocycles. The Hall–Kier alpha value is -4.06. The van der Waals surface area contributed by atoms with Gasteiger partial charge in [-0.25, -0.2) is 0 Å². The van der Waals surface area contributed by atoms with E-state index in [4.69, 9.17) is 14.2 Å². The van der Waals surface area contributed by atoms with Crippen LogP contribution in [-0.4, -0.2) is 32.5 Å². The summed E-state index contributed by atoms with van der Waals surface area (Å²) >= 11 is 0. The number of nitrogens with one attached hydrogen (secondary N) is 1. The van der Waals surface area contributed by atoms with E-state index in [-0.39, 0.29) is 18.3 Å². The number of rotatable bonds is 9. The van der Waals surface area contributed by atoms with E-state index < -0.39 is 0 Å². The SMILES string of the molecule is COc1cccc(C(=O)/C=C/c2ccc(OCC(=O)Nc3ccccc3C)c(OC)c2)c1. The van der Waals surface area contributed by atoms with Gasteiger partial charge in [0.2, 0.25) is 0 Å². The minimum atomic E-state index is -0.269. The maximum Gasteiger partial charge on any atom is 0.262 e. The average molecular weight is 431 g/mol. The number of ketones is 1. The molecule has 3 aromatic carbocycles. The van der Waals surface area contributed by atoms with Crippen LogP contribution in [0.25, 0.3) is 6.08 Å². The predicted molar refractivity (Wildman–Crippen MR) is 125 cm³/mol. The third-order valence-electron chi connectivity index (χ3n) is 4.75. The molecule has 1 amide bonds. The Morgan fingerprint density at radius 3 is 2.47 bits per heavy atom. The minimum absolute atomic E-state index is 0.143. The van der Waals surface area contributed by atoms with Gasteiger partial charge >= 0.3 is 0 Å². The van der Waals surface area contributed by atoms with Gasteiger partial charge < -0.3 is 19.5 Å². The Morgan fingerprint density at radius 2 is 1.72 bits per heavy atom. The number of anilines is 1. The normalized spacial score (nSPS) is 10.6. The molecule has 0 fully saturated rings. The first kappa shape index (κ1) is 22.6. The van der Waals surface area contributed by atoms with Gasteiger partial charge in [-0.2, -0.15) is 0 Å². The second-order valence-electron chi connectivity index (χ2n) is 6.99. The van der Waals surface area contributed by atoms with Crippen molar-refractivity contribution < 1.29 is 23.8 Å². The Kier molecular flexibility index (Phi) is 7.65. The second kappa shape index (κ2) is 10.8. The molecule has 0 spiro atoms. The van der Waals surface area contributed by atoms with E-state index in [9.17, 15) is 9.59 Å². The van der Waals surface area contributed by atoms with E-state index >= 15 is 0 Å². The molecule has 1 N–H and O–H groups in total. The molecule has 0 heterocycles. The molecule has 3 rings (SSSR count). The molecule has 6 heteroatoms. The topological polar surface area (TPSA) is 73.9 Å². The first-order valence-electron chi connectivity index (χ1n) is 10.0. The van der Waals surface area contributed by atoms with E-state index in [1.807, 2.05) is 31.2 Å². The zero-order chi connectivity index (χ0) is 22.9. The van der Waals surface area contributed by atoms with Gasteiger partial charge in [0, 0.05) is 11.3 Å². The van der Waals surface area contributed by atoms with Crippen LogP contribution in [-0.2, 0) is 4.79 Å². The average Bonchev–Trinajstić information content (AvgIpc) is 2.82. The van der Waals surface area contributed by atoms with Crippen molar-refractivity contribution in [3.05, 3.63) is 89.5 Å². The van der Waals surface area contributed by atoms with Crippen LogP contribution in [0.4, 0.5) is 5.69 Å². The molecule has 0 unspecified atom stereocenters. The van der Waals surface area contributed by atoms with Crippen LogP contribution in [0.15, 0.2) is 72.8 Å².